The van der Waals surface area contributed by atoms with Crippen molar-refractivity contribution < 1.29 is 0 Å². The SMILES string of the molecule is CSCC(C)CNc1nc(Cl)nc(-n2cccn2)n1. The van der Waals surface area contributed by atoms with Crippen molar-refractivity contribution in [2.45, 2.75) is 6.92 Å². The molecule has 8 heteroatoms. The van der Waals surface area contributed by atoms with Gasteiger partial charge in [-0.3, -0.25) is 0 Å². The Bertz CT molecular complexity index is 518. The Kier molecular flexibility index (Phi) is 4.98. The first-order valence-electron chi connectivity index (χ1n) is 5.83. The second-order valence-electron chi connectivity index (χ2n) is 4.12. The number of thioether (sulfide) groups is 1. The molecule has 2 heterocycles. The van der Waals surface area contributed by atoms with Crippen LogP contribution in [0.25, 0.3) is 5.95 Å². The topological polar surface area (TPSA) is 68.5 Å². The zero-order valence-electron chi connectivity index (χ0n) is 10.7. The highest BCUT2D eigenvalue weighted by Gasteiger charge is 2.08. The van der Waals surface area contributed by atoms with E-state index in [0.29, 0.717) is 17.8 Å². The van der Waals surface area contributed by atoms with Crippen LogP contribution in [0.1, 0.15) is 6.92 Å². The van der Waals surface area contributed by atoms with Crippen molar-refractivity contribution in [1.82, 2.24) is 24.7 Å². The van der Waals surface area contributed by atoms with Gasteiger partial charge in [0.1, 0.15) is 0 Å². The van der Waals surface area contributed by atoms with Crippen molar-refractivity contribution in [3.05, 3.63) is 23.7 Å². The van der Waals surface area contributed by atoms with Crippen LogP contribution in [-0.2, 0) is 0 Å². The predicted molar refractivity (Wildman–Crippen MR) is 78.0 cm³/mol. The Morgan fingerprint density at radius 3 is 2.95 bits per heavy atom. The van der Waals surface area contributed by atoms with Crippen molar-refractivity contribution in [3.8, 4) is 5.95 Å². The molecular weight excluding hydrogens is 284 g/mol. The van der Waals surface area contributed by atoms with Gasteiger partial charge in [-0.25, -0.2) is 4.68 Å². The molecule has 2 aromatic heterocycles. The normalized spacial score (nSPS) is 12.4. The highest BCUT2D eigenvalue weighted by atomic mass is 35.5. The Labute approximate surface area is 121 Å². The summed E-state index contributed by atoms with van der Waals surface area (Å²) >= 11 is 7.71. The first-order valence-corrected chi connectivity index (χ1v) is 7.60. The molecule has 0 saturated heterocycles. The van der Waals surface area contributed by atoms with E-state index in [0.717, 1.165) is 12.3 Å². The fraction of sp³-hybridized carbons (Fsp3) is 0.455. The van der Waals surface area contributed by atoms with Gasteiger partial charge in [0.2, 0.25) is 11.2 Å². The van der Waals surface area contributed by atoms with Gasteiger partial charge in [0.15, 0.2) is 0 Å². The van der Waals surface area contributed by atoms with E-state index in [1.165, 1.54) is 0 Å². The molecule has 0 radical (unpaired) electrons. The average Bonchev–Trinajstić information content (AvgIpc) is 2.90. The number of halogens is 1. The fourth-order valence-corrected chi connectivity index (χ4v) is 2.36. The monoisotopic (exact) mass is 298 g/mol. The molecule has 102 valence electrons. The standard InChI is InChI=1S/C11H15ClN6S/c1-8(7-19-2)6-13-10-15-9(12)16-11(17-10)18-5-3-4-14-18/h3-5,8H,6-7H2,1-2H3,(H,13,15,16,17). The van der Waals surface area contributed by atoms with E-state index in [2.05, 4.69) is 38.5 Å². The van der Waals surface area contributed by atoms with Gasteiger partial charge in [-0.2, -0.15) is 31.8 Å². The zero-order valence-corrected chi connectivity index (χ0v) is 12.3. The molecule has 0 aliphatic rings. The molecule has 0 aliphatic heterocycles. The van der Waals surface area contributed by atoms with E-state index in [1.54, 1.807) is 23.1 Å². The van der Waals surface area contributed by atoms with Gasteiger partial charge in [0.05, 0.1) is 0 Å². The Morgan fingerprint density at radius 1 is 1.42 bits per heavy atom. The molecule has 0 amide bonds. The van der Waals surface area contributed by atoms with Gasteiger partial charge in [0.25, 0.3) is 5.95 Å². The van der Waals surface area contributed by atoms with E-state index < -0.39 is 0 Å². The molecule has 19 heavy (non-hydrogen) atoms. The van der Waals surface area contributed by atoms with Crippen LogP contribution < -0.4 is 5.32 Å². The third-order valence-electron chi connectivity index (χ3n) is 2.37. The highest BCUT2D eigenvalue weighted by molar-refractivity contribution is 7.98. The number of aromatic nitrogens is 5. The van der Waals surface area contributed by atoms with Crippen molar-refractivity contribution in [3.63, 3.8) is 0 Å². The molecular formula is C11H15ClN6S. The molecule has 2 rings (SSSR count). The number of nitrogens with zero attached hydrogens (tertiary/aromatic N) is 5. The Morgan fingerprint density at radius 2 is 2.26 bits per heavy atom. The van der Waals surface area contributed by atoms with Gasteiger partial charge >= 0.3 is 0 Å². The van der Waals surface area contributed by atoms with Crippen molar-refractivity contribution in [2.75, 3.05) is 23.9 Å². The number of hydrogen-bond donors (Lipinski definition) is 1. The van der Waals surface area contributed by atoms with E-state index >= 15 is 0 Å². The Balaban J connectivity index is 2.09. The van der Waals surface area contributed by atoms with Crippen molar-refractivity contribution >= 4 is 29.3 Å². The van der Waals surface area contributed by atoms with E-state index in [1.807, 2.05) is 11.8 Å². The first-order chi connectivity index (χ1) is 9.19. The minimum absolute atomic E-state index is 0.153. The first kappa shape index (κ1) is 14.1. The van der Waals surface area contributed by atoms with Crippen LogP contribution >= 0.6 is 23.4 Å². The van der Waals surface area contributed by atoms with Crippen molar-refractivity contribution in [1.29, 1.82) is 0 Å². The van der Waals surface area contributed by atoms with Gasteiger partial charge in [-0.15, -0.1) is 0 Å². The van der Waals surface area contributed by atoms with Crippen LogP contribution in [0, 0.1) is 5.92 Å². The Hall–Kier alpha value is -1.34. The third-order valence-corrected chi connectivity index (χ3v) is 3.44. The lowest BCUT2D eigenvalue weighted by atomic mass is 10.2. The summed E-state index contributed by atoms with van der Waals surface area (Å²) in [6, 6.07) is 1.80. The van der Waals surface area contributed by atoms with Crippen LogP contribution in [-0.4, -0.2) is 43.3 Å². The fourth-order valence-electron chi connectivity index (χ4n) is 1.52. The molecule has 2 aromatic rings. The molecule has 1 atom stereocenters. The van der Waals surface area contributed by atoms with Crippen LogP contribution in [0.5, 0.6) is 0 Å². The summed E-state index contributed by atoms with van der Waals surface area (Å²) in [5, 5.41) is 7.39. The van der Waals surface area contributed by atoms with E-state index in [-0.39, 0.29) is 5.28 Å². The van der Waals surface area contributed by atoms with Crippen LogP contribution in [0.3, 0.4) is 0 Å². The number of hydrogen-bond acceptors (Lipinski definition) is 6. The highest BCUT2D eigenvalue weighted by Crippen LogP contribution is 2.10. The summed E-state index contributed by atoms with van der Waals surface area (Å²) in [7, 11) is 0. The zero-order chi connectivity index (χ0) is 13.7. The van der Waals surface area contributed by atoms with E-state index in [9.17, 15) is 0 Å². The van der Waals surface area contributed by atoms with E-state index in [4.69, 9.17) is 11.6 Å². The van der Waals surface area contributed by atoms with Crippen molar-refractivity contribution in [2.24, 2.45) is 5.92 Å². The summed E-state index contributed by atoms with van der Waals surface area (Å²) in [6.07, 6.45) is 5.50. The minimum atomic E-state index is 0.153. The van der Waals surface area contributed by atoms with Crippen LogP contribution in [0.15, 0.2) is 18.5 Å². The van der Waals surface area contributed by atoms with Gasteiger partial charge in [-0.1, -0.05) is 6.92 Å². The lowest BCUT2D eigenvalue weighted by molar-refractivity contribution is 0.694. The van der Waals surface area contributed by atoms with Gasteiger partial charge in [-0.05, 0) is 35.6 Å². The number of anilines is 1. The second kappa shape index (κ2) is 6.72. The largest absolute Gasteiger partial charge is 0.354 e. The van der Waals surface area contributed by atoms with Gasteiger partial charge in [0, 0.05) is 18.9 Å². The summed E-state index contributed by atoms with van der Waals surface area (Å²) in [4.78, 5) is 12.4. The molecule has 0 saturated carbocycles. The summed E-state index contributed by atoms with van der Waals surface area (Å²) < 4.78 is 1.55. The molecule has 0 aliphatic carbocycles. The molecule has 0 fully saturated rings. The summed E-state index contributed by atoms with van der Waals surface area (Å²) in [5.41, 5.74) is 0. The lowest BCUT2D eigenvalue weighted by Gasteiger charge is -2.11. The molecule has 0 bridgehead atoms. The average molecular weight is 299 g/mol. The smallest absolute Gasteiger partial charge is 0.256 e. The maximum absolute atomic E-state index is 5.90. The second-order valence-corrected chi connectivity index (χ2v) is 5.37. The quantitative estimate of drug-likeness (QED) is 0.881. The molecule has 0 aromatic carbocycles. The lowest BCUT2D eigenvalue weighted by Crippen LogP contribution is -2.16. The molecule has 0 spiro atoms. The third kappa shape index (κ3) is 4.07. The predicted octanol–water partition coefficient (Wildman–Crippen LogP) is 2.12. The van der Waals surface area contributed by atoms with Crippen LogP contribution in [0.4, 0.5) is 5.95 Å². The van der Waals surface area contributed by atoms with Crippen LogP contribution in [0.2, 0.25) is 5.28 Å². The summed E-state index contributed by atoms with van der Waals surface area (Å²) in [6.45, 7) is 2.96. The maximum atomic E-state index is 5.90. The summed E-state index contributed by atoms with van der Waals surface area (Å²) in [5.74, 6) is 2.49. The number of nitrogens with one attached hydrogen (secondary N) is 1. The molecule has 1 N–H and O–H groups in total. The number of rotatable bonds is 6. The maximum Gasteiger partial charge on any atom is 0.256 e. The molecule has 6 nitrogen and oxygen atoms in total. The van der Waals surface area contributed by atoms with Gasteiger partial charge < -0.3 is 5.32 Å². The molecule has 1 unspecified atom stereocenters. The minimum Gasteiger partial charge on any atom is -0.354 e.